The number of aryl methyl sites for hydroxylation is 2. The molecular formula is C24H26N6O3. The minimum absolute atomic E-state index is 0.0788. The highest BCUT2D eigenvalue weighted by Crippen LogP contribution is 2.24. The molecule has 1 aliphatic rings. The van der Waals surface area contributed by atoms with E-state index < -0.39 is 0 Å². The Kier molecular flexibility index (Phi) is 5.77. The molecule has 0 saturated carbocycles. The lowest BCUT2D eigenvalue weighted by Gasteiger charge is -2.31. The number of amides is 1. The van der Waals surface area contributed by atoms with Gasteiger partial charge in [-0.2, -0.15) is 10.1 Å². The van der Waals surface area contributed by atoms with E-state index in [2.05, 4.69) is 20.2 Å². The molecule has 1 fully saturated rings. The van der Waals surface area contributed by atoms with Crippen molar-refractivity contribution in [2.24, 2.45) is 5.92 Å². The van der Waals surface area contributed by atoms with E-state index in [-0.39, 0.29) is 11.8 Å². The number of carbonyl (C=O) groups is 1. The smallest absolute Gasteiger partial charge is 0.289 e. The molecule has 33 heavy (non-hydrogen) atoms. The minimum atomic E-state index is -0.0788. The molecule has 5 heterocycles. The molecule has 0 N–H and O–H groups in total. The van der Waals surface area contributed by atoms with Gasteiger partial charge in [0.2, 0.25) is 0 Å². The monoisotopic (exact) mass is 446 g/mol. The van der Waals surface area contributed by atoms with E-state index in [1.807, 2.05) is 47.7 Å². The molecular weight excluding hydrogens is 420 g/mol. The molecule has 4 aromatic heterocycles. The zero-order valence-corrected chi connectivity index (χ0v) is 18.8. The average Bonchev–Trinajstić information content (AvgIpc) is 3.55. The van der Waals surface area contributed by atoms with Crippen molar-refractivity contribution in [3.63, 3.8) is 0 Å². The maximum atomic E-state index is 13.1. The van der Waals surface area contributed by atoms with Crippen molar-refractivity contribution in [1.29, 1.82) is 0 Å². The van der Waals surface area contributed by atoms with Crippen LogP contribution < -0.4 is 0 Å². The van der Waals surface area contributed by atoms with Crippen molar-refractivity contribution in [2.45, 2.75) is 39.7 Å². The highest BCUT2D eigenvalue weighted by Gasteiger charge is 2.27. The van der Waals surface area contributed by atoms with Crippen LogP contribution in [0, 0.1) is 19.8 Å². The van der Waals surface area contributed by atoms with Crippen molar-refractivity contribution in [3.05, 3.63) is 71.5 Å². The molecule has 170 valence electrons. The van der Waals surface area contributed by atoms with Gasteiger partial charge in [0.25, 0.3) is 11.8 Å². The highest BCUT2D eigenvalue weighted by atomic mass is 16.5. The quantitative estimate of drug-likeness (QED) is 0.445. The topological polar surface area (TPSA) is 103 Å². The van der Waals surface area contributed by atoms with Crippen LogP contribution in [0.1, 0.15) is 46.4 Å². The fraction of sp³-hybridized carbons (Fsp3) is 0.375. The van der Waals surface area contributed by atoms with Crippen molar-refractivity contribution in [3.8, 4) is 11.5 Å². The molecule has 1 saturated heterocycles. The summed E-state index contributed by atoms with van der Waals surface area (Å²) in [5.41, 5.74) is 2.87. The number of pyridine rings is 1. The van der Waals surface area contributed by atoms with Gasteiger partial charge in [-0.3, -0.25) is 14.5 Å². The number of furan rings is 1. The predicted molar refractivity (Wildman–Crippen MR) is 119 cm³/mol. The van der Waals surface area contributed by atoms with E-state index in [1.165, 1.54) is 0 Å². The molecule has 1 amide bonds. The third-order valence-corrected chi connectivity index (χ3v) is 5.95. The first-order chi connectivity index (χ1) is 16.0. The van der Waals surface area contributed by atoms with Crippen LogP contribution in [0.3, 0.4) is 0 Å². The van der Waals surface area contributed by atoms with Crippen LogP contribution in [0.5, 0.6) is 0 Å². The van der Waals surface area contributed by atoms with Crippen LogP contribution in [0.15, 0.2) is 51.7 Å². The van der Waals surface area contributed by atoms with Crippen LogP contribution in [0.2, 0.25) is 0 Å². The lowest BCUT2D eigenvalue weighted by Crippen LogP contribution is -2.40. The van der Waals surface area contributed by atoms with Crippen LogP contribution in [0.4, 0.5) is 0 Å². The van der Waals surface area contributed by atoms with Crippen LogP contribution >= 0.6 is 0 Å². The van der Waals surface area contributed by atoms with Gasteiger partial charge in [-0.1, -0.05) is 5.16 Å². The summed E-state index contributed by atoms with van der Waals surface area (Å²) in [4.78, 5) is 23.5. The van der Waals surface area contributed by atoms with Gasteiger partial charge in [0.15, 0.2) is 11.6 Å². The van der Waals surface area contributed by atoms with E-state index >= 15 is 0 Å². The standard InChI is InChI=1S/C24H26N6O3/c1-16-12-17(2)30(27-16)15-20-5-6-21(32-20)24(31)29-11-3-4-18(14-29)13-22-26-23(33-28-22)19-7-9-25-10-8-19/h5-10,12,18H,3-4,11,13-15H2,1-2H3. The van der Waals surface area contributed by atoms with Gasteiger partial charge in [0, 0.05) is 43.2 Å². The third kappa shape index (κ3) is 4.72. The number of hydrogen-bond donors (Lipinski definition) is 0. The second-order valence-corrected chi connectivity index (χ2v) is 8.57. The molecule has 0 aliphatic carbocycles. The number of carbonyl (C=O) groups excluding carboxylic acids is 1. The minimum Gasteiger partial charge on any atom is -0.454 e. The SMILES string of the molecule is Cc1cc(C)n(Cc2ccc(C(=O)N3CCCC(Cc4noc(-c5ccncc5)n4)C3)o2)n1. The van der Waals surface area contributed by atoms with E-state index in [4.69, 9.17) is 8.94 Å². The van der Waals surface area contributed by atoms with Gasteiger partial charge in [-0.15, -0.1) is 0 Å². The Morgan fingerprint density at radius 1 is 1.18 bits per heavy atom. The molecule has 5 rings (SSSR count). The maximum absolute atomic E-state index is 13.1. The molecule has 4 aromatic rings. The van der Waals surface area contributed by atoms with Crippen LogP contribution in [-0.2, 0) is 13.0 Å². The van der Waals surface area contributed by atoms with Gasteiger partial charge in [0.05, 0.1) is 12.2 Å². The Bertz CT molecular complexity index is 1240. The average molecular weight is 447 g/mol. The molecule has 9 heteroatoms. The lowest BCUT2D eigenvalue weighted by molar-refractivity contribution is 0.0637. The molecule has 0 radical (unpaired) electrons. The first kappa shape index (κ1) is 21.1. The molecule has 0 bridgehead atoms. The van der Waals surface area contributed by atoms with Crippen molar-refractivity contribution >= 4 is 5.91 Å². The Morgan fingerprint density at radius 3 is 2.82 bits per heavy atom. The number of nitrogens with zero attached hydrogens (tertiary/aromatic N) is 6. The number of likely N-dealkylation sites (tertiary alicyclic amines) is 1. The summed E-state index contributed by atoms with van der Waals surface area (Å²) < 4.78 is 13.2. The Balaban J connectivity index is 1.21. The number of rotatable bonds is 6. The number of hydrogen-bond acceptors (Lipinski definition) is 7. The van der Waals surface area contributed by atoms with Gasteiger partial charge >= 0.3 is 0 Å². The Labute approximate surface area is 191 Å². The highest BCUT2D eigenvalue weighted by molar-refractivity contribution is 5.91. The first-order valence-corrected chi connectivity index (χ1v) is 11.2. The maximum Gasteiger partial charge on any atom is 0.289 e. The van der Waals surface area contributed by atoms with Crippen LogP contribution in [-0.4, -0.2) is 48.8 Å². The van der Waals surface area contributed by atoms with Crippen molar-refractivity contribution in [2.75, 3.05) is 13.1 Å². The Hall–Kier alpha value is -3.75. The lowest BCUT2D eigenvalue weighted by atomic mass is 9.94. The molecule has 1 atom stereocenters. The van der Waals surface area contributed by atoms with Crippen molar-refractivity contribution in [1.82, 2.24) is 29.8 Å². The summed E-state index contributed by atoms with van der Waals surface area (Å²) in [5.74, 6) is 2.42. The third-order valence-electron chi connectivity index (χ3n) is 5.95. The summed E-state index contributed by atoms with van der Waals surface area (Å²) in [5, 5.41) is 8.59. The number of piperidine rings is 1. The molecule has 9 nitrogen and oxygen atoms in total. The van der Waals surface area contributed by atoms with Crippen molar-refractivity contribution < 1.29 is 13.7 Å². The fourth-order valence-corrected chi connectivity index (χ4v) is 4.34. The summed E-state index contributed by atoms with van der Waals surface area (Å²) in [6.07, 6.45) is 6.01. The molecule has 0 aromatic carbocycles. The zero-order valence-electron chi connectivity index (χ0n) is 18.8. The predicted octanol–water partition coefficient (Wildman–Crippen LogP) is 3.68. The Morgan fingerprint density at radius 2 is 2.03 bits per heavy atom. The van der Waals surface area contributed by atoms with Gasteiger partial charge in [0.1, 0.15) is 5.76 Å². The second-order valence-electron chi connectivity index (χ2n) is 8.57. The largest absolute Gasteiger partial charge is 0.454 e. The zero-order chi connectivity index (χ0) is 22.8. The normalized spacial score (nSPS) is 16.3. The summed E-state index contributed by atoms with van der Waals surface area (Å²) in [6, 6.07) is 9.31. The summed E-state index contributed by atoms with van der Waals surface area (Å²) in [7, 11) is 0. The first-order valence-electron chi connectivity index (χ1n) is 11.2. The van der Waals surface area contributed by atoms with Gasteiger partial charge in [-0.25, -0.2) is 0 Å². The summed E-state index contributed by atoms with van der Waals surface area (Å²) >= 11 is 0. The second kappa shape index (κ2) is 9.01. The van der Waals surface area contributed by atoms with Gasteiger partial charge in [-0.05, 0) is 62.9 Å². The van der Waals surface area contributed by atoms with E-state index in [9.17, 15) is 4.79 Å². The molecule has 0 spiro atoms. The molecule has 1 aliphatic heterocycles. The van der Waals surface area contributed by atoms with Crippen LogP contribution in [0.25, 0.3) is 11.5 Å². The van der Waals surface area contributed by atoms with E-state index in [1.54, 1.807) is 18.5 Å². The van der Waals surface area contributed by atoms with Gasteiger partial charge < -0.3 is 13.8 Å². The number of aromatic nitrogens is 5. The van der Waals surface area contributed by atoms with E-state index in [0.29, 0.717) is 42.7 Å². The van der Waals surface area contributed by atoms with E-state index in [0.717, 1.165) is 36.3 Å². The fourth-order valence-electron chi connectivity index (χ4n) is 4.34. The molecule has 1 unspecified atom stereocenters. The summed E-state index contributed by atoms with van der Waals surface area (Å²) in [6.45, 7) is 5.84.